The molecule has 0 spiro atoms. The fourth-order valence-corrected chi connectivity index (χ4v) is 1.50. The Morgan fingerprint density at radius 2 is 1.15 bits per heavy atom. The molecule has 6 nitrogen and oxygen atoms in total. The van der Waals surface area contributed by atoms with E-state index in [-0.39, 0.29) is 12.1 Å². The highest BCUT2D eigenvalue weighted by atomic mass is 35.5. The van der Waals surface area contributed by atoms with E-state index in [1.165, 1.54) is 0 Å². The molecule has 1 aromatic carbocycles. The number of nitrogens with one attached hydrogen (secondary N) is 4. The average molecular weight is 319 g/mol. The second-order valence-corrected chi connectivity index (χ2v) is 4.47. The summed E-state index contributed by atoms with van der Waals surface area (Å²) in [6, 6.07) is 6.06. The molecule has 0 bridgehead atoms. The second-order valence-electron chi connectivity index (χ2n) is 3.72. The summed E-state index contributed by atoms with van der Waals surface area (Å²) in [6.45, 7) is 0.793. The molecule has 0 atom stereocenters. The molecule has 4 amide bonds. The Hall–Kier alpha value is -1.66. The standard InChI is InChI=1S/C12H16Cl2N4O2/c13-5-7-15-11(19)17-9-1-2-10(4-3-9)18-12(20)16-8-6-14/h1-4H,5-8H2,(H2,15,17,19)(H2,16,18,20). The minimum Gasteiger partial charge on any atom is -0.337 e. The molecule has 1 aromatic rings. The lowest BCUT2D eigenvalue weighted by Crippen LogP contribution is -2.30. The summed E-state index contributed by atoms with van der Waals surface area (Å²) in [7, 11) is 0. The van der Waals surface area contributed by atoms with Gasteiger partial charge in [0.05, 0.1) is 0 Å². The van der Waals surface area contributed by atoms with E-state index < -0.39 is 0 Å². The van der Waals surface area contributed by atoms with Crippen molar-refractivity contribution in [2.75, 3.05) is 35.5 Å². The van der Waals surface area contributed by atoms with Gasteiger partial charge >= 0.3 is 12.1 Å². The SMILES string of the molecule is O=C(NCCCl)Nc1ccc(NC(=O)NCCCl)cc1. The van der Waals surface area contributed by atoms with Crippen LogP contribution in [0.15, 0.2) is 24.3 Å². The molecule has 8 heteroatoms. The lowest BCUT2D eigenvalue weighted by atomic mass is 10.3. The van der Waals surface area contributed by atoms with Crippen molar-refractivity contribution in [2.45, 2.75) is 0 Å². The van der Waals surface area contributed by atoms with Crippen molar-refractivity contribution < 1.29 is 9.59 Å². The Balaban J connectivity index is 2.43. The predicted molar refractivity (Wildman–Crippen MR) is 81.9 cm³/mol. The number of rotatable bonds is 6. The van der Waals surface area contributed by atoms with Crippen LogP contribution >= 0.6 is 23.2 Å². The van der Waals surface area contributed by atoms with Crippen LogP contribution in [0.2, 0.25) is 0 Å². The number of anilines is 2. The van der Waals surface area contributed by atoms with Crippen LogP contribution in [0, 0.1) is 0 Å². The summed E-state index contributed by atoms with van der Waals surface area (Å²) in [5, 5.41) is 10.4. The Morgan fingerprint density at radius 1 is 0.800 bits per heavy atom. The third kappa shape index (κ3) is 6.49. The van der Waals surface area contributed by atoms with Crippen LogP contribution < -0.4 is 21.3 Å². The van der Waals surface area contributed by atoms with Crippen molar-refractivity contribution in [2.24, 2.45) is 0 Å². The van der Waals surface area contributed by atoms with Crippen LogP contribution in [0.25, 0.3) is 0 Å². The van der Waals surface area contributed by atoms with Crippen molar-refractivity contribution in [1.29, 1.82) is 0 Å². The second kappa shape index (κ2) is 9.28. The molecule has 0 aliphatic carbocycles. The van der Waals surface area contributed by atoms with Gasteiger partial charge in [-0.1, -0.05) is 0 Å². The first-order chi connectivity index (χ1) is 9.65. The third-order valence-corrected chi connectivity index (χ3v) is 2.54. The molecule has 0 heterocycles. The van der Waals surface area contributed by atoms with Gasteiger partial charge in [0.2, 0.25) is 0 Å². The minimum atomic E-state index is -0.328. The number of alkyl halides is 2. The molecule has 20 heavy (non-hydrogen) atoms. The number of halogens is 2. The zero-order chi connectivity index (χ0) is 14.8. The number of benzene rings is 1. The highest BCUT2D eigenvalue weighted by Gasteiger charge is 2.02. The third-order valence-electron chi connectivity index (χ3n) is 2.16. The molecule has 0 radical (unpaired) electrons. The predicted octanol–water partition coefficient (Wildman–Crippen LogP) is 2.41. The van der Waals surface area contributed by atoms with Gasteiger partial charge in [-0.3, -0.25) is 0 Å². The highest BCUT2D eigenvalue weighted by Crippen LogP contribution is 2.13. The summed E-state index contributed by atoms with van der Waals surface area (Å²) in [5.41, 5.74) is 1.23. The lowest BCUT2D eigenvalue weighted by molar-refractivity contribution is 0.251. The van der Waals surface area contributed by atoms with E-state index in [0.717, 1.165) is 0 Å². The fraction of sp³-hybridized carbons (Fsp3) is 0.333. The molecular weight excluding hydrogens is 303 g/mol. The largest absolute Gasteiger partial charge is 0.337 e. The molecule has 0 saturated carbocycles. The zero-order valence-electron chi connectivity index (χ0n) is 10.7. The Labute approximate surface area is 127 Å². The van der Waals surface area contributed by atoms with Crippen molar-refractivity contribution in [3.8, 4) is 0 Å². The number of carbonyl (C=O) groups excluding carboxylic acids is 2. The number of hydrogen-bond donors (Lipinski definition) is 4. The first kappa shape index (κ1) is 16.4. The van der Waals surface area contributed by atoms with Gasteiger partial charge in [-0.25, -0.2) is 9.59 Å². The van der Waals surface area contributed by atoms with Crippen LogP contribution in [-0.2, 0) is 0 Å². The van der Waals surface area contributed by atoms with E-state index in [0.29, 0.717) is 36.2 Å². The van der Waals surface area contributed by atoms with E-state index in [1.54, 1.807) is 24.3 Å². The van der Waals surface area contributed by atoms with Gasteiger partial charge in [0.1, 0.15) is 0 Å². The summed E-state index contributed by atoms with van der Waals surface area (Å²) in [4.78, 5) is 22.8. The normalized spacial score (nSPS) is 9.70. The van der Waals surface area contributed by atoms with Crippen LogP contribution in [0.4, 0.5) is 21.0 Å². The van der Waals surface area contributed by atoms with Gasteiger partial charge in [0, 0.05) is 36.2 Å². The molecule has 0 unspecified atom stereocenters. The van der Waals surface area contributed by atoms with Crippen molar-refractivity contribution in [3.05, 3.63) is 24.3 Å². The molecule has 0 fully saturated rings. The number of amides is 4. The first-order valence-electron chi connectivity index (χ1n) is 5.97. The van der Waals surface area contributed by atoms with Gasteiger partial charge in [0.15, 0.2) is 0 Å². The van der Waals surface area contributed by atoms with E-state index in [4.69, 9.17) is 23.2 Å². The molecule has 0 aromatic heterocycles. The van der Waals surface area contributed by atoms with Crippen LogP contribution in [-0.4, -0.2) is 36.9 Å². The van der Waals surface area contributed by atoms with Gasteiger partial charge in [-0.15, -0.1) is 23.2 Å². The van der Waals surface area contributed by atoms with E-state index in [1.807, 2.05) is 0 Å². The molecular formula is C12H16Cl2N4O2. The molecule has 0 saturated heterocycles. The van der Waals surface area contributed by atoms with Gasteiger partial charge in [-0.2, -0.15) is 0 Å². The zero-order valence-corrected chi connectivity index (χ0v) is 12.2. The molecule has 1 rings (SSSR count). The fourth-order valence-electron chi connectivity index (χ4n) is 1.31. The summed E-state index contributed by atoms with van der Waals surface area (Å²) in [5.74, 6) is 0.710. The monoisotopic (exact) mass is 318 g/mol. The molecule has 0 aliphatic rings. The van der Waals surface area contributed by atoms with Crippen LogP contribution in [0.3, 0.4) is 0 Å². The average Bonchev–Trinajstić information content (AvgIpc) is 2.45. The number of urea groups is 2. The maximum absolute atomic E-state index is 11.4. The number of hydrogen-bond acceptors (Lipinski definition) is 2. The van der Waals surface area contributed by atoms with Gasteiger partial charge < -0.3 is 21.3 Å². The van der Waals surface area contributed by atoms with E-state index >= 15 is 0 Å². The molecule has 4 N–H and O–H groups in total. The quantitative estimate of drug-likeness (QED) is 0.607. The Kier molecular flexibility index (Phi) is 7.60. The summed E-state index contributed by atoms with van der Waals surface area (Å²) < 4.78 is 0. The molecule has 0 aliphatic heterocycles. The van der Waals surface area contributed by atoms with Crippen LogP contribution in [0.5, 0.6) is 0 Å². The lowest BCUT2D eigenvalue weighted by Gasteiger charge is -2.09. The number of carbonyl (C=O) groups is 2. The Bertz CT molecular complexity index is 399. The van der Waals surface area contributed by atoms with Gasteiger partial charge in [-0.05, 0) is 24.3 Å². The van der Waals surface area contributed by atoms with Crippen molar-refractivity contribution in [1.82, 2.24) is 10.6 Å². The summed E-state index contributed by atoms with van der Waals surface area (Å²) in [6.07, 6.45) is 0. The molecule has 110 valence electrons. The van der Waals surface area contributed by atoms with E-state index in [9.17, 15) is 9.59 Å². The van der Waals surface area contributed by atoms with Crippen molar-refractivity contribution in [3.63, 3.8) is 0 Å². The maximum atomic E-state index is 11.4. The highest BCUT2D eigenvalue weighted by molar-refractivity contribution is 6.18. The van der Waals surface area contributed by atoms with E-state index in [2.05, 4.69) is 21.3 Å². The smallest absolute Gasteiger partial charge is 0.319 e. The summed E-state index contributed by atoms with van der Waals surface area (Å²) >= 11 is 10.9. The van der Waals surface area contributed by atoms with Crippen molar-refractivity contribution >= 4 is 46.6 Å². The maximum Gasteiger partial charge on any atom is 0.319 e. The Morgan fingerprint density at radius 3 is 1.45 bits per heavy atom. The van der Waals surface area contributed by atoms with Gasteiger partial charge in [0.25, 0.3) is 0 Å². The van der Waals surface area contributed by atoms with Crippen LogP contribution in [0.1, 0.15) is 0 Å². The topological polar surface area (TPSA) is 82.3 Å². The minimum absolute atomic E-state index is 0.328. The first-order valence-corrected chi connectivity index (χ1v) is 7.04.